The molecule has 1 aromatic carbocycles. The highest BCUT2D eigenvalue weighted by atomic mass is 19.1. The molecule has 3 rings (SSSR count). The SMILES string of the molecule is CCCCNC(=O)c1c(NC(=O)c2cccc(F)c2)nc2ccc(C)cn12. The fourth-order valence-corrected chi connectivity index (χ4v) is 2.73. The summed E-state index contributed by atoms with van der Waals surface area (Å²) in [5.74, 6) is -1.22. The van der Waals surface area contributed by atoms with Gasteiger partial charge in [0.2, 0.25) is 0 Å². The standard InChI is InChI=1S/C20H21FN4O2/c1-3-4-10-22-20(27)17-18(23-16-9-8-13(2)12-25(16)17)24-19(26)14-6-5-7-15(21)11-14/h5-9,11-12H,3-4,10H2,1-2H3,(H,22,27)(H,24,26). The topological polar surface area (TPSA) is 75.5 Å². The molecular weight excluding hydrogens is 347 g/mol. The number of aryl methyl sites for hydroxylation is 1. The monoisotopic (exact) mass is 368 g/mol. The van der Waals surface area contributed by atoms with Gasteiger partial charge in [0.05, 0.1) is 0 Å². The quantitative estimate of drug-likeness (QED) is 0.653. The minimum atomic E-state index is -0.530. The van der Waals surface area contributed by atoms with E-state index < -0.39 is 11.7 Å². The molecule has 6 nitrogen and oxygen atoms in total. The lowest BCUT2D eigenvalue weighted by Crippen LogP contribution is -2.27. The molecule has 27 heavy (non-hydrogen) atoms. The Labute approximate surface area is 156 Å². The number of amides is 2. The van der Waals surface area contributed by atoms with Crippen molar-refractivity contribution in [3.05, 3.63) is 65.2 Å². The predicted molar refractivity (Wildman–Crippen MR) is 102 cm³/mol. The summed E-state index contributed by atoms with van der Waals surface area (Å²) < 4.78 is 15.0. The van der Waals surface area contributed by atoms with Crippen LogP contribution in [-0.2, 0) is 0 Å². The maximum absolute atomic E-state index is 13.4. The predicted octanol–water partition coefficient (Wildman–Crippen LogP) is 3.56. The molecule has 0 atom stereocenters. The molecule has 0 fully saturated rings. The average Bonchev–Trinajstić information content (AvgIpc) is 2.98. The molecule has 0 spiro atoms. The molecule has 2 N–H and O–H groups in total. The van der Waals surface area contributed by atoms with Crippen LogP contribution in [0, 0.1) is 12.7 Å². The first kappa shape index (κ1) is 18.6. The molecule has 0 radical (unpaired) electrons. The lowest BCUT2D eigenvalue weighted by Gasteiger charge is -2.08. The Morgan fingerprint density at radius 1 is 1.19 bits per heavy atom. The highest BCUT2D eigenvalue weighted by molar-refractivity contribution is 6.08. The molecule has 2 heterocycles. The normalized spacial score (nSPS) is 10.8. The maximum atomic E-state index is 13.4. The van der Waals surface area contributed by atoms with Gasteiger partial charge in [0, 0.05) is 18.3 Å². The third-order valence-corrected chi connectivity index (χ3v) is 4.12. The molecule has 3 aromatic rings. The first-order valence-electron chi connectivity index (χ1n) is 8.83. The average molecular weight is 368 g/mol. The van der Waals surface area contributed by atoms with Gasteiger partial charge in [-0.25, -0.2) is 9.37 Å². The largest absolute Gasteiger partial charge is 0.351 e. The number of nitrogens with zero attached hydrogens (tertiary/aromatic N) is 2. The lowest BCUT2D eigenvalue weighted by molar-refractivity contribution is 0.0948. The van der Waals surface area contributed by atoms with Crippen molar-refractivity contribution in [2.24, 2.45) is 0 Å². The molecule has 7 heteroatoms. The Bertz CT molecular complexity index is 997. The molecule has 0 unspecified atom stereocenters. The van der Waals surface area contributed by atoms with Crippen molar-refractivity contribution in [1.82, 2.24) is 14.7 Å². The van der Waals surface area contributed by atoms with Gasteiger partial charge in [-0.15, -0.1) is 0 Å². The molecule has 140 valence electrons. The number of hydrogen-bond donors (Lipinski definition) is 2. The number of anilines is 1. The number of imidazole rings is 1. The van der Waals surface area contributed by atoms with E-state index in [4.69, 9.17) is 0 Å². The van der Waals surface area contributed by atoms with Crippen molar-refractivity contribution >= 4 is 23.3 Å². The number of hydrogen-bond acceptors (Lipinski definition) is 3. The Hall–Kier alpha value is -3.22. The van der Waals surface area contributed by atoms with Gasteiger partial charge in [-0.05, 0) is 43.2 Å². The van der Waals surface area contributed by atoms with Crippen molar-refractivity contribution in [2.75, 3.05) is 11.9 Å². The van der Waals surface area contributed by atoms with Crippen LogP contribution in [0.4, 0.5) is 10.2 Å². The zero-order chi connectivity index (χ0) is 19.4. The van der Waals surface area contributed by atoms with E-state index in [0.29, 0.717) is 12.2 Å². The van der Waals surface area contributed by atoms with Gasteiger partial charge in [0.1, 0.15) is 11.5 Å². The van der Waals surface area contributed by atoms with Gasteiger partial charge >= 0.3 is 0 Å². The Kier molecular flexibility index (Phi) is 5.49. The molecule has 0 saturated carbocycles. The summed E-state index contributed by atoms with van der Waals surface area (Å²) >= 11 is 0. The zero-order valence-corrected chi connectivity index (χ0v) is 15.3. The van der Waals surface area contributed by atoms with E-state index in [-0.39, 0.29) is 23.0 Å². The van der Waals surface area contributed by atoms with Crippen molar-refractivity contribution < 1.29 is 14.0 Å². The summed E-state index contributed by atoms with van der Waals surface area (Å²) in [6.45, 7) is 4.48. The minimum absolute atomic E-state index is 0.142. The molecule has 0 aliphatic carbocycles. The summed E-state index contributed by atoms with van der Waals surface area (Å²) in [5.41, 5.74) is 1.89. The highest BCUT2D eigenvalue weighted by Crippen LogP contribution is 2.20. The highest BCUT2D eigenvalue weighted by Gasteiger charge is 2.21. The second-order valence-electron chi connectivity index (χ2n) is 6.32. The second-order valence-corrected chi connectivity index (χ2v) is 6.32. The van der Waals surface area contributed by atoms with E-state index in [0.717, 1.165) is 24.5 Å². The molecule has 0 bridgehead atoms. The van der Waals surface area contributed by atoms with Crippen LogP contribution in [0.2, 0.25) is 0 Å². The molecule has 2 amide bonds. The number of aromatic nitrogens is 2. The van der Waals surface area contributed by atoms with E-state index in [2.05, 4.69) is 15.6 Å². The lowest BCUT2D eigenvalue weighted by atomic mass is 10.2. The van der Waals surface area contributed by atoms with Crippen LogP contribution < -0.4 is 10.6 Å². The summed E-state index contributed by atoms with van der Waals surface area (Å²) in [7, 11) is 0. The zero-order valence-electron chi connectivity index (χ0n) is 15.3. The number of nitrogens with one attached hydrogen (secondary N) is 2. The third-order valence-electron chi connectivity index (χ3n) is 4.12. The van der Waals surface area contributed by atoms with Crippen molar-refractivity contribution in [2.45, 2.75) is 26.7 Å². The number of benzene rings is 1. The fourth-order valence-electron chi connectivity index (χ4n) is 2.73. The molecule has 0 saturated heterocycles. The van der Waals surface area contributed by atoms with Gasteiger partial charge in [-0.2, -0.15) is 0 Å². The van der Waals surface area contributed by atoms with E-state index in [1.54, 1.807) is 16.7 Å². The van der Waals surface area contributed by atoms with E-state index in [1.165, 1.54) is 18.2 Å². The number of carbonyl (C=O) groups is 2. The van der Waals surface area contributed by atoms with Crippen molar-refractivity contribution in [1.29, 1.82) is 0 Å². The first-order valence-corrected chi connectivity index (χ1v) is 8.83. The van der Waals surface area contributed by atoms with Gasteiger partial charge in [0.25, 0.3) is 11.8 Å². The summed E-state index contributed by atoms with van der Waals surface area (Å²) in [6.07, 6.45) is 3.59. The number of halogens is 1. The van der Waals surface area contributed by atoms with Crippen LogP contribution in [0.25, 0.3) is 5.65 Å². The third kappa shape index (κ3) is 4.13. The Balaban J connectivity index is 1.97. The van der Waals surface area contributed by atoms with Gasteiger partial charge in [-0.3, -0.25) is 14.0 Å². The minimum Gasteiger partial charge on any atom is -0.351 e. The summed E-state index contributed by atoms with van der Waals surface area (Å²) in [4.78, 5) is 29.6. The molecule has 0 aliphatic heterocycles. The number of carbonyl (C=O) groups excluding carboxylic acids is 2. The van der Waals surface area contributed by atoms with Crippen LogP contribution in [0.3, 0.4) is 0 Å². The summed E-state index contributed by atoms with van der Waals surface area (Å²) in [5, 5.41) is 5.48. The molecule has 2 aromatic heterocycles. The Morgan fingerprint density at radius 3 is 2.74 bits per heavy atom. The number of fused-ring (bicyclic) bond motifs is 1. The van der Waals surface area contributed by atoms with Crippen molar-refractivity contribution in [3.63, 3.8) is 0 Å². The van der Waals surface area contributed by atoms with Crippen LogP contribution >= 0.6 is 0 Å². The van der Waals surface area contributed by atoms with Crippen molar-refractivity contribution in [3.8, 4) is 0 Å². The van der Waals surface area contributed by atoms with Gasteiger partial charge in [-0.1, -0.05) is 25.5 Å². The number of unbranched alkanes of at least 4 members (excludes halogenated alkanes) is 1. The second kappa shape index (κ2) is 7.99. The van der Waals surface area contributed by atoms with Crippen LogP contribution in [-0.4, -0.2) is 27.7 Å². The first-order chi connectivity index (χ1) is 13.0. The Morgan fingerprint density at radius 2 is 2.00 bits per heavy atom. The van der Waals surface area contributed by atoms with E-state index in [1.807, 2.05) is 19.9 Å². The van der Waals surface area contributed by atoms with Gasteiger partial charge in [0.15, 0.2) is 11.5 Å². The molecule has 0 aliphatic rings. The van der Waals surface area contributed by atoms with Gasteiger partial charge < -0.3 is 10.6 Å². The fraction of sp³-hybridized carbons (Fsp3) is 0.250. The maximum Gasteiger partial charge on any atom is 0.272 e. The van der Waals surface area contributed by atoms with Crippen LogP contribution in [0.15, 0.2) is 42.6 Å². The molecular formula is C20H21FN4O2. The van der Waals surface area contributed by atoms with E-state index >= 15 is 0 Å². The van der Waals surface area contributed by atoms with Crippen LogP contribution in [0.1, 0.15) is 46.2 Å². The van der Waals surface area contributed by atoms with E-state index in [9.17, 15) is 14.0 Å². The smallest absolute Gasteiger partial charge is 0.272 e. The number of pyridine rings is 1. The number of rotatable bonds is 6. The summed E-state index contributed by atoms with van der Waals surface area (Å²) in [6, 6.07) is 9.00. The van der Waals surface area contributed by atoms with Crippen LogP contribution in [0.5, 0.6) is 0 Å².